The molecule has 0 aliphatic rings. The van der Waals surface area contributed by atoms with E-state index in [9.17, 15) is 13.6 Å². The maximum Gasteiger partial charge on any atom is 0.288 e. The minimum absolute atomic E-state index is 0.125. The average molecular weight is 311 g/mol. The van der Waals surface area contributed by atoms with E-state index in [0.29, 0.717) is 28.0 Å². The number of rotatable bonds is 5. The highest BCUT2D eigenvalue weighted by Crippen LogP contribution is 2.25. The number of carbonyl (C=O) groups excluding carboxylic acids is 1. The van der Waals surface area contributed by atoms with Gasteiger partial charge in [0.25, 0.3) is 11.7 Å². The Hall–Kier alpha value is -1.89. The van der Waals surface area contributed by atoms with E-state index in [4.69, 9.17) is 0 Å². The van der Waals surface area contributed by atoms with E-state index in [2.05, 4.69) is 10.4 Å². The van der Waals surface area contributed by atoms with Gasteiger partial charge in [-0.15, -0.1) is 0 Å². The Balaban J connectivity index is 2.08. The number of amides is 1. The first-order chi connectivity index (χ1) is 9.97. The molecule has 0 radical (unpaired) electrons. The Bertz CT molecular complexity index is 611. The van der Waals surface area contributed by atoms with Crippen LogP contribution in [0.2, 0.25) is 0 Å². The zero-order chi connectivity index (χ0) is 15.4. The highest BCUT2D eigenvalue weighted by molar-refractivity contribution is 7.99. The third-order valence-electron chi connectivity index (χ3n) is 2.74. The quantitative estimate of drug-likeness (QED) is 0.848. The van der Waals surface area contributed by atoms with Gasteiger partial charge in [-0.2, -0.15) is 13.9 Å². The molecule has 1 N–H and O–H groups in total. The minimum atomic E-state index is -2.47. The molecule has 112 valence electrons. The Morgan fingerprint density at radius 1 is 1.24 bits per heavy atom. The Morgan fingerprint density at radius 2 is 1.90 bits per heavy atom. The van der Waals surface area contributed by atoms with Crippen LogP contribution in [0.4, 0.5) is 14.6 Å². The fourth-order valence-corrected chi connectivity index (χ4v) is 2.30. The molecule has 0 atom stereocenters. The fraction of sp³-hybridized carbons (Fsp3) is 0.286. The maximum atomic E-state index is 12.2. The van der Waals surface area contributed by atoms with Crippen molar-refractivity contribution in [2.24, 2.45) is 0 Å². The zero-order valence-corrected chi connectivity index (χ0v) is 12.4. The first-order valence-corrected chi connectivity index (χ1v) is 7.25. The van der Waals surface area contributed by atoms with Crippen molar-refractivity contribution < 1.29 is 13.6 Å². The molecule has 7 heteroatoms. The number of carbonyl (C=O) groups is 1. The monoisotopic (exact) mass is 311 g/mol. The summed E-state index contributed by atoms with van der Waals surface area (Å²) in [6.07, 6.45) is 1.61. The van der Waals surface area contributed by atoms with Crippen LogP contribution < -0.4 is 5.32 Å². The second-order valence-electron chi connectivity index (χ2n) is 4.61. The third-order valence-corrected chi connectivity index (χ3v) is 3.47. The summed E-state index contributed by atoms with van der Waals surface area (Å²) >= 11 is 0.451. The summed E-state index contributed by atoms with van der Waals surface area (Å²) in [4.78, 5) is 12.5. The molecular weight excluding hydrogens is 296 g/mol. The number of hydrogen-bond donors (Lipinski definition) is 1. The smallest absolute Gasteiger partial charge is 0.288 e. The van der Waals surface area contributed by atoms with Gasteiger partial charge in [-0.3, -0.25) is 4.79 Å². The van der Waals surface area contributed by atoms with E-state index < -0.39 is 5.76 Å². The normalized spacial score (nSPS) is 11.1. The lowest BCUT2D eigenvalue weighted by atomic mass is 10.2. The highest BCUT2D eigenvalue weighted by atomic mass is 32.2. The SMILES string of the molecule is CC(C)n1nccc1NC(=O)c1ccc(SC(F)F)cc1. The van der Waals surface area contributed by atoms with Crippen LogP contribution in [0.5, 0.6) is 0 Å². The van der Waals surface area contributed by atoms with Crippen LogP contribution in [-0.4, -0.2) is 21.4 Å². The van der Waals surface area contributed by atoms with Gasteiger partial charge in [-0.05, 0) is 38.1 Å². The molecule has 1 heterocycles. The first kappa shape index (κ1) is 15.5. The lowest BCUT2D eigenvalue weighted by Gasteiger charge is -2.11. The molecule has 1 aromatic carbocycles. The molecule has 0 saturated carbocycles. The van der Waals surface area contributed by atoms with Gasteiger partial charge in [0.1, 0.15) is 5.82 Å². The summed E-state index contributed by atoms with van der Waals surface area (Å²) in [5, 5.41) is 6.88. The lowest BCUT2D eigenvalue weighted by molar-refractivity contribution is 0.102. The van der Waals surface area contributed by atoms with Gasteiger partial charge in [-0.25, -0.2) is 4.68 Å². The average Bonchev–Trinajstić information content (AvgIpc) is 2.87. The molecule has 21 heavy (non-hydrogen) atoms. The lowest BCUT2D eigenvalue weighted by Crippen LogP contribution is -2.16. The van der Waals surface area contributed by atoms with Gasteiger partial charge in [0, 0.05) is 22.6 Å². The van der Waals surface area contributed by atoms with E-state index in [1.165, 1.54) is 24.3 Å². The molecule has 0 aliphatic carbocycles. The van der Waals surface area contributed by atoms with Crippen LogP contribution in [-0.2, 0) is 0 Å². The highest BCUT2D eigenvalue weighted by Gasteiger charge is 2.12. The number of aromatic nitrogens is 2. The van der Waals surface area contributed by atoms with Gasteiger partial charge >= 0.3 is 0 Å². The van der Waals surface area contributed by atoms with E-state index in [-0.39, 0.29) is 11.9 Å². The van der Waals surface area contributed by atoms with Crippen molar-refractivity contribution in [1.82, 2.24) is 9.78 Å². The summed E-state index contributed by atoms with van der Waals surface area (Å²) in [6.45, 7) is 3.91. The molecular formula is C14H15F2N3OS. The summed E-state index contributed by atoms with van der Waals surface area (Å²) in [7, 11) is 0. The van der Waals surface area contributed by atoms with Crippen LogP contribution in [0.1, 0.15) is 30.2 Å². The molecule has 0 fully saturated rings. The van der Waals surface area contributed by atoms with Crippen molar-refractivity contribution >= 4 is 23.5 Å². The number of hydrogen-bond acceptors (Lipinski definition) is 3. The summed E-state index contributed by atoms with van der Waals surface area (Å²) in [5.74, 6) is -2.17. The predicted molar refractivity (Wildman–Crippen MR) is 78.9 cm³/mol. The number of anilines is 1. The maximum absolute atomic E-state index is 12.2. The standard InChI is InChI=1S/C14H15F2N3OS/c1-9(2)19-12(7-8-17-19)18-13(20)10-3-5-11(6-4-10)21-14(15)16/h3-9,14H,1-2H3,(H,18,20). The van der Waals surface area contributed by atoms with E-state index >= 15 is 0 Å². The van der Waals surface area contributed by atoms with Gasteiger partial charge in [0.2, 0.25) is 0 Å². The third kappa shape index (κ3) is 4.04. The van der Waals surface area contributed by atoms with Crippen molar-refractivity contribution in [1.29, 1.82) is 0 Å². The molecule has 1 amide bonds. The predicted octanol–water partition coefficient (Wildman–Crippen LogP) is 4.03. The molecule has 2 aromatic rings. The number of nitrogens with one attached hydrogen (secondary N) is 1. The largest absolute Gasteiger partial charge is 0.307 e. The van der Waals surface area contributed by atoms with Crippen molar-refractivity contribution in [3.8, 4) is 0 Å². The fourth-order valence-electron chi connectivity index (χ4n) is 1.80. The van der Waals surface area contributed by atoms with Crippen LogP contribution in [0.15, 0.2) is 41.4 Å². The van der Waals surface area contributed by atoms with Gasteiger partial charge in [-0.1, -0.05) is 11.8 Å². The van der Waals surface area contributed by atoms with Crippen molar-refractivity contribution in [2.45, 2.75) is 30.5 Å². The molecule has 0 saturated heterocycles. The van der Waals surface area contributed by atoms with Crippen molar-refractivity contribution in [2.75, 3.05) is 5.32 Å². The summed E-state index contributed by atoms with van der Waals surface area (Å²) in [6, 6.07) is 7.89. The van der Waals surface area contributed by atoms with Crippen LogP contribution in [0.3, 0.4) is 0 Å². The molecule has 0 unspecified atom stereocenters. The van der Waals surface area contributed by atoms with Gasteiger partial charge in [0.05, 0.1) is 6.20 Å². The number of halogens is 2. The van der Waals surface area contributed by atoms with E-state index in [1.54, 1.807) is 16.9 Å². The molecule has 4 nitrogen and oxygen atoms in total. The van der Waals surface area contributed by atoms with Crippen LogP contribution in [0, 0.1) is 0 Å². The number of benzene rings is 1. The number of nitrogens with zero attached hydrogens (tertiary/aromatic N) is 2. The Morgan fingerprint density at radius 3 is 2.48 bits per heavy atom. The second-order valence-corrected chi connectivity index (χ2v) is 5.68. The summed E-state index contributed by atoms with van der Waals surface area (Å²) < 4.78 is 26.1. The summed E-state index contributed by atoms with van der Waals surface area (Å²) in [5.41, 5.74) is 0.408. The van der Waals surface area contributed by atoms with Crippen LogP contribution in [0.25, 0.3) is 0 Å². The molecule has 1 aromatic heterocycles. The van der Waals surface area contributed by atoms with Gasteiger partial charge < -0.3 is 5.32 Å². The van der Waals surface area contributed by atoms with E-state index in [0.717, 1.165) is 0 Å². The Labute approximate surface area is 125 Å². The molecule has 0 bridgehead atoms. The number of thioether (sulfide) groups is 1. The minimum Gasteiger partial charge on any atom is -0.307 e. The van der Waals surface area contributed by atoms with Crippen molar-refractivity contribution in [3.63, 3.8) is 0 Å². The molecule has 0 aliphatic heterocycles. The number of alkyl halides is 2. The van der Waals surface area contributed by atoms with Crippen LogP contribution >= 0.6 is 11.8 Å². The molecule has 0 spiro atoms. The second kappa shape index (κ2) is 6.71. The Kier molecular flexibility index (Phi) is 4.95. The van der Waals surface area contributed by atoms with Crippen molar-refractivity contribution in [3.05, 3.63) is 42.1 Å². The van der Waals surface area contributed by atoms with Gasteiger partial charge in [0.15, 0.2) is 0 Å². The molecule has 2 rings (SSSR count). The first-order valence-electron chi connectivity index (χ1n) is 6.37. The van der Waals surface area contributed by atoms with E-state index in [1.807, 2.05) is 13.8 Å². The zero-order valence-electron chi connectivity index (χ0n) is 11.6. The topological polar surface area (TPSA) is 46.9 Å².